The number of anilines is 1. The lowest BCUT2D eigenvalue weighted by molar-refractivity contribution is -0.141. The smallest absolute Gasteiger partial charge is 0.378 e. The van der Waals surface area contributed by atoms with Gasteiger partial charge in [0.05, 0.1) is 13.2 Å². The molecule has 0 atom stereocenters. The molecule has 0 aromatic carbocycles. The van der Waals surface area contributed by atoms with Gasteiger partial charge in [0, 0.05) is 19.3 Å². The molecule has 1 aliphatic rings. The van der Waals surface area contributed by atoms with Gasteiger partial charge in [0.2, 0.25) is 5.13 Å². The van der Waals surface area contributed by atoms with Crippen LogP contribution in [0.5, 0.6) is 0 Å². The van der Waals surface area contributed by atoms with Crippen LogP contribution in [-0.4, -0.2) is 46.5 Å². The molecule has 0 saturated carbocycles. The molecule has 3 rings (SSSR count). The molecule has 0 amide bonds. The maximum Gasteiger partial charge on any atom is 0.433 e. The van der Waals surface area contributed by atoms with Gasteiger partial charge in [-0.2, -0.15) is 13.2 Å². The molecule has 1 aliphatic heterocycles. The molecule has 2 aromatic heterocycles. The molecule has 0 radical (unpaired) electrons. The van der Waals surface area contributed by atoms with Gasteiger partial charge < -0.3 is 9.64 Å². The van der Waals surface area contributed by atoms with Crippen LogP contribution in [0.2, 0.25) is 0 Å². The van der Waals surface area contributed by atoms with Gasteiger partial charge in [0.25, 0.3) is 0 Å². The minimum Gasteiger partial charge on any atom is -0.378 e. The number of alkyl halides is 3. The molecule has 6 nitrogen and oxygen atoms in total. The maximum atomic E-state index is 12.6. The molecule has 1 fully saturated rings. The van der Waals surface area contributed by atoms with Crippen molar-refractivity contribution in [3.8, 4) is 0 Å². The van der Waals surface area contributed by atoms with Crippen LogP contribution in [-0.2, 0) is 10.9 Å². The molecule has 0 bridgehead atoms. The fourth-order valence-corrected chi connectivity index (χ4v) is 3.49. The predicted molar refractivity (Wildman–Crippen MR) is 74.1 cm³/mol. The summed E-state index contributed by atoms with van der Waals surface area (Å²) in [5.41, 5.74) is -0.970. The normalized spacial score (nSPS) is 16.0. The zero-order valence-corrected chi connectivity index (χ0v) is 12.7. The molecule has 0 aliphatic carbocycles. The second-order valence-corrected chi connectivity index (χ2v) is 6.44. The first kappa shape index (κ1) is 15.4. The monoisotopic (exact) mass is 349 g/mol. The van der Waals surface area contributed by atoms with Gasteiger partial charge in [-0.05, 0) is 17.8 Å². The summed E-state index contributed by atoms with van der Waals surface area (Å²) in [5.74, 6) is 0. The van der Waals surface area contributed by atoms with E-state index in [1.54, 1.807) is 0 Å². The SMILES string of the molecule is FC(F)(F)c1ccnc(Sc2nnc(N3CCOCC3)s2)n1. The first-order chi connectivity index (χ1) is 10.5. The van der Waals surface area contributed by atoms with Crippen molar-refractivity contribution >= 4 is 28.2 Å². The predicted octanol–water partition coefficient (Wildman–Crippen LogP) is 2.33. The molecule has 22 heavy (non-hydrogen) atoms. The highest BCUT2D eigenvalue weighted by atomic mass is 32.2. The van der Waals surface area contributed by atoms with Crippen molar-refractivity contribution in [2.45, 2.75) is 15.7 Å². The summed E-state index contributed by atoms with van der Waals surface area (Å²) in [4.78, 5) is 9.35. The zero-order valence-electron chi connectivity index (χ0n) is 11.1. The van der Waals surface area contributed by atoms with E-state index in [9.17, 15) is 13.2 Å². The van der Waals surface area contributed by atoms with Crippen LogP contribution in [0.4, 0.5) is 18.3 Å². The number of halogens is 3. The summed E-state index contributed by atoms with van der Waals surface area (Å²) in [6, 6.07) is 0.837. The zero-order chi connectivity index (χ0) is 15.6. The number of hydrogen-bond acceptors (Lipinski definition) is 8. The Morgan fingerprint density at radius 2 is 2.00 bits per heavy atom. The summed E-state index contributed by atoms with van der Waals surface area (Å²) < 4.78 is 43.6. The van der Waals surface area contributed by atoms with Crippen molar-refractivity contribution in [3.05, 3.63) is 18.0 Å². The fourth-order valence-electron chi connectivity index (χ4n) is 1.75. The van der Waals surface area contributed by atoms with Gasteiger partial charge in [-0.3, -0.25) is 0 Å². The van der Waals surface area contributed by atoms with Crippen LogP contribution in [0.3, 0.4) is 0 Å². The Morgan fingerprint density at radius 1 is 1.23 bits per heavy atom. The summed E-state index contributed by atoms with van der Waals surface area (Å²) in [5, 5.41) is 8.73. The third kappa shape index (κ3) is 3.65. The number of aromatic nitrogens is 4. The number of rotatable bonds is 3. The van der Waals surface area contributed by atoms with Gasteiger partial charge in [0.15, 0.2) is 9.50 Å². The third-order valence-electron chi connectivity index (χ3n) is 2.78. The van der Waals surface area contributed by atoms with Gasteiger partial charge in [-0.25, -0.2) is 9.97 Å². The summed E-state index contributed by atoms with van der Waals surface area (Å²) in [7, 11) is 0. The molecule has 0 N–H and O–H groups in total. The van der Waals surface area contributed by atoms with E-state index < -0.39 is 11.9 Å². The van der Waals surface area contributed by atoms with Crippen molar-refractivity contribution in [3.63, 3.8) is 0 Å². The molecule has 11 heteroatoms. The minimum absolute atomic E-state index is 0.000461. The van der Waals surface area contributed by atoms with E-state index in [1.165, 1.54) is 11.3 Å². The van der Waals surface area contributed by atoms with Crippen molar-refractivity contribution < 1.29 is 17.9 Å². The quantitative estimate of drug-likeness (QED) is 0.788. The molecule has 0 unspecified atom stereocenters. The van der Waals surface area contributed by atoms with Crippen molar-refractivity contribution in [1.82, 2.24) is 20.2 Å². The van der Waals surface area contributed by atoms with Crippen LogP contribution in [0.25, 0.3) is 0 Å². The van der Waals surface area contributed by atoms with Gasteiger partial charge in [-0.15, -0.1) is 10.2 Å². The Bertz CT molecular complexity index is 645. The molecule has 118 valence electrons. The summed E-state index contributed by atoms with van der Waals surface area (Å²) >= 11 is 2.26. The third-order valence-corrected chi connectivity index (χ3v) is 4.69. The number of morpholine rings is 1. The van der Waals surface area contributed by atoms with Crippen molar-refractivity contribution in [2.75, 3.05) is 31.2 Å². The molecule has 2 aromatic rings. The highest BCUT2D eigenvalue weighted by molar-refractivity contribution is 8.00. The van der Waals surface area contributed by atoms with Crippen molar-refractivity contribution in [2.24, 2.45) is 0 Å². The van der Waals surface area contributed by atoms with Crippen LogP contribution >= 0.6 is 23.1 Å². The molecular weight excluding hydrogens is 339 g/mol. The topological polar surface area (TPSA) is 64.0 Å². The Hall–Kier alpha value is -1.46. The molecule has 0 spiro atoms. The average Bonchev–Trinajstić information content (AvgIpc) is 2.96. The van der Waals surface area contributed by atoms with Crippen LogP contribution in [0.1, 0.15) is 5.69 Å². The standard InChI is InChI=1S/C11H10F3N5OS2/c12-11(13,14)7-1-2-15-8(16-7)21-10-18-17-9(22-10)19-3-5-20-6-4-19/h1-2H,3-6H2. The van der Waals surface area contributed by atoms with E-state index in [1.807, 2.05) is 4.90 Å². The molecule has 3 heterocycles. The van der Waals surface area contributed by atoms with E-state index >= 15 is 0 Å². The Labute approximate surface area is 131 Å². The average molecular weight is 349 g/mol. The lowest BCUT2D eigenvalue weighted by Crippen LogP contribution is -2.36. The van der Waals surface area contributed by atoms with Crippen LogP contribution in [0, 0.1) is 0 Å². The first-order valence-electron chi connectivity index (χ1n) is 6.27. The first-order valence-corrected chi connectivity index (χ1v) is 7.90. The molecular formula is C11H10F3N5OS2. The summed E-state index contributed by atoms with van der Waals surface area (Å²) in [6.45, 7) is 2.69. The maximum absolute atomic E-state index is 12.6. The highest BCUT2D eigenvalue weighted by Crippen LogP contribution is 2.33. The Balaban J connectivity index is 1.72. The number of ether oxygens (including phenoxy) is 1. The van der Waals surface area contributed by atoms with E-state index in [0.717, 1.165) is 42.2 Å². The lowest BCUT2D eigenvalue weighted by Gasteiger charge is -2.25. The number of nitrogens with zero attached hydrogens (tertiary/aromatic N) is 5. The Kier molecular flexibility index (Phi) is 4.45. The van der Waals surface area contributed by atoms with E-state index in [0.29, 0.717) is 17.6 Å². The summed E-state index contributed by atoms with van der Waals surface area (Å²) in [6.07, 6.45) is -3.40. The van der Waals surface area contributed by atoms with E-state index in [-0.39, 0.29) is 5.16 Å². The van der Waals surface area contributed by atoms with Gasteiger partial charge >= 0.3 is 6.18 Å². The van der Waals surface area contributed by atoms with E-state index in [4.69, 9.17) is 4.74 Å². The van der Waals surface area contributed by atoms with Crippen LogP contribution in [0.15, 0.2) is 21.8 Å². The fraction of sp³-hybridized carbons (Fsp3) is 0.455. The highest BCUT2D eigenvalue weighted by Gasteiger charge is 2.33. The van der Waals surface area contributed by atoms with E-state index in [2.05, 4.69) is 20.2 Å². The van der Waals surface area contributed by atoms with Crippen LogP contribution < -0.4 is 4.90 Å². The van der Waals surface area contributed by atoms with Gasteiger partial charge in [-0.1, -0.05) is 11.3 Å². The second-order valence-electron chi connectivity index (χ2n) is 4.27. The Morgan fingerprint density at radius 3 is 2.73 bits per heavy atom. The largest absolute Gasteiger partial charge is 0.433 e. The molecule has 1 saturated heterocycles. The minimum atomic E-state index is -4.49. The second kappa shape index (κ2) is 6.34. The van der Waals surface area contributed by atoms with Gasteiger partial charge in [0.1, 0.15) is 5.69 Å². The lowest BCUT2D eigenvalue weighted by atomic mass is 10.4. The van der Waals surface area contributed by atoms with Crippen molar-refractivity contribution in [1.29, 1.82) is 0 Å². The number of hydrogen-bond donors (Lipinski definition) is 0.